The van der Waals surface area contributed by atoms with Crippen molar-refractivity contribution in [1.82, 2.24) is 24.6 Å². The summed E-state index contributed by atoms with van der Waals surface area (Å²) in [5.74, 6) is -0.767. The van der Waals surface area contributed by atoms with Crippen LogP contribution in [0.5, 0.6) is 0 Å². The van der Waals surface area contributed by atoms with Gasteiger partial charge in [0.15, 0.2) is 0 Å². The molecule has 0 spiro atoms. The summed E-state index contributed by atoms with van der Waals surface area (Å²) in [5, 5.41) is 5.36. The summed E-state index contributed by atoms with van der Waals surface area (Å²) in [6.45, 7) is 3.54. The third-order valence-electron chi connectivity index (χ3n) is 6.12. The second-order valence-electron chi connectivity index (χ2n) is 8.31. The van der Waals surface area contributed by atoms with Gasteiger partial charge in [-0.1, -0.05) is 23.2 Å². The van der Waals surface area contributed by atoms with Crippen LogP contribution in [0.4, 0.5) is 4.39 Å². The Morgan fingerprint density at radius 2 is 2.00 bits per heavy atom. The second kappa shape index (κ2) is 8.43. The van der Waals surface area contributed by atoms with E-state index in [0.29, 0.717) is 46.5 Å². The Balaban J connectivity index is 1.42. The van der Waals surface area contributed by atoms with E-state index in [1.54, 1.807) is 38.7 Å². The number of carbonyl (C=O) groups excluding carboxylic acids is 2. The molecule has 0 radical (unpaired) electrons. The van der Waals surface area contributed by atoms with Crippen LogP contribution in [0.3, 0.4) is 0 Å². The summed E-state index contributed by atoms with van der Waals surface area (Å²) < 4.78 is 14.9. The number of halogens is 3. The van der Waals surface area contributed by atoms with Crippen molar-refractivity contribution in [3.63, 3.8) is 0 Å². The summed E-state index contributed by atoms with van der Waals surface area (Å²) in [6, 6.07) is 7.62. The Bertz CT molecular complexity index is 1260. The smallest absolute Gasteiger partial charge is 0.272 e. The molecule has 5 rings (SSSR count). The number of pyridine rings is 1. The van der Waals surface area contributed by atoms with Crippen LogP contribution in [0.2, 0.25) is 10.0 Å². The lowest BCUT2D eigenvalue weighted by Crippen LogP contribution is -2.44. The van der Waals surface area contributed by atoms with Crippen LogP contribution in [0.25, 0.3) is 0 Å². The number of rotatable bonds is 3. The number of amides is 2. The number of hydrogen-bond donors (Lipinski definition) is 0. The molecule has 0 fully saturated rings. The zero-order valence-corrected chi connectivity index (χ0v) is 19.3. The van der Waals surface area contributed by atoms with Crippen LogP contribution in [-0.2, 0) is 26.1 Å². The molecule has 2 aliphatic heterocycles. The third kappa shape index (κ3) is 3.98. The van der Waals surface area contributed by atoms with Gasteiger partial charge in [0.1, 0.15) is 11.5 Å². The van der Waals surface area contributed by atoms with E-state index >= 15 is 0 Å². The van der Waals surface area contributed by atoms with E-state index in [1.807, 2.05) is 6.92 Å². The van der Waals surface area contributed by atoms with Crippen molar-refractivity contribution in [3.8, 4) is 0 Å². The first-order chi connectivity index (χ1) is 15.8. The van der Waals surface area contributed by atoms with Crippen molar-refractivity contribution in [1.29, 1.82) is 0 Å². The Morgan fingerprint density at radius 1 is 1.18 bits per heavy atom. The summed E-state index contributed by atoms with van der Waals surface area (Å²) in [6.07, 6.45) is 1.69. The zero-order chi connectivity index (χ0) is 23.3. The lowest BCUT2D eigenvalue weighted by molar-refractivity contribution is 0.0636. The van der Waals surface area contributed by atoms with E-state index in [2.05, 4.69) is 10.1 Å². The van der Waals surface area contributed by atoms with Gasteiger partial charge in [0, 0.05) is 30.1 Å². The van der Waals surface area contributed by atoms with Crippen molar-refractivity contribution in [3.05, 3.63) is 80.6 Å². The van der Waals surface area contributed by atoms with E-state index in [4.69, 9.17) is 23.2 Å². The SMILES string of the molecule is C[C@@H]1Cc2nn3c(c2CN1C(=O)c1ccc(Cl)c(Cl)c1)C(=O)N(Cc1ccc(F)cn1)CC3. The third-order valence-corrected chi connectivity index (χ3v) is 6.86. The van der Waals surface area contributed by atoms with Gasteiger partial charge in [-0.3, -0.25) is 19.3 Å². The molecule has 0 saturated heterocycles. The average molecular weight is 488 g/mol. The summed E-state index contributed by atoms with van der Waals surface area (Å²) in [7, 11) is 0. The molecular weight excluding hydrogens is 468 g/mol. The maximum atomic E-state index is 13.4. The van der Waals surface area contributed by atoms with Gasteiger partial charge < -0.3 is 9.80 Å². The Labute approximate surface area is 199 Å². The molecule has 2 amide bonds. The summed E-state index contributed by atoms with van der Waals surface area (Å²) in [5.41, 5.74) is 3.15. The van der Waals surface area contributed by atoms with E-state index in [9.17, 15) is 14.0 Å². The van der Waals surface area contributed by atoms with Crippen LogP contribution < -0.4 is 0 Å². The van der Waals surface area contributed by atoms with Gasteiger partial charge in [0.05, 0.1) is 47.3 Å². The lowest BCUT2D eigenvalue weighted by Gasteiger charge is -2.34. The molecule has 3 aromatic rings. The van der Waals surface area contributed by atoms with Gasteiger partial charge >= 0.3 is 0 Å². The van der Waals surface area contributed by atoms with Crippen LogP contribution >= 0.6 is 23.2 Å². The fourth-order valence-electron chi connectivity index (χ4n) is 4.38. The first-order valence-corrected chi connectivity index (χ1v) is 11.3. The molecule has 0 N–H and O–H groups in total. The highest BCUT2D eigenvalue weighted by Gasteiger charge is 2.37. The average Bonchev–Trinajstić information content (AvgIpc) is 3.16. The molecule has 0 saturated carbocycles. The molecule has 4 heterocycles. The molecule has 1 atom stereocenters. The van der Waals surface area contributed by atoms with Crippen LogP contribution in [0.1, 0.15) is 44.7 Å². The van der Waals surface area contributed by atoms with Crippen molar-refractivity contribution >= 4 is 35.0 Å². The fourth-order valence-corrected chi connectivity index (χ4v) is 4.67. The molecule has 0 unspecified atom stereocenters. The van der Waals surface area contributed by atoms with Gasteiger partial charge in [-0.15, -0.1) is 0 Å². The highest BCUT2D eigenvalue weighted by atomic mass is 35.5. The van der Waals surface area contributed by atoms with Crippen molar-refractivity contribution in [2.24, 2.45) is 0 Å². The largest absolute Gasteiger partial charge is 0.331 e. The number of hydrogen-bond acceptors (Lipinski definition) is 4. The normalized spacial score (nSPS) is 17.7. The molecule has 33 heavy (non-hydrogen) atoms. The van der Waals surface area contributed by atoms with Crippen LogP contribution in [0, 0.1) is 5.82 Å². The van der Waals surface area contributed by atoms with Crippen molar-refractivity contribution < 1.29 is 14.0 Å². The number of benzene rings is 1. The molecule has 2 aliphatic rings. The molecule has 170 valence electrons. The number of fused-ring (bicyclic) bond motifs is 3. The lowest BCUT2D eigenvalue weighted by atomic mass is 9.97. The standard InChI is InChI=1S/C23H20Cl2FN5O2/c1-13-8-20-17(12-30(13)22(32)14-2-5-18(24)19(25)9-14)21-23(33)29(6-7-31(21)28-20)11-16-4-3-15(26)10-27-16/h2-5,9-10,13H,6-8,11-12H2,1H3/t13-/m1/s1. The highest BCUT2D eigenvalue weighted by molar-refractivity contribution is 6.42. The zero-order valence-electron chi connectivity index (χ0n) is 17.8. The molecule has 10 heteroatoms. The minimum atomic E-state index is -0.420. The van der Waals surface area contributed by atoms with Gasteiger partial charge in [0.2, 0.25) is 0 Å². The van der Waals surface area contributed by atoms with Crippen molar-refractivity contribution in [2.45, 2.75) is 39.0 Å². The first kappa shape index (κ1) is 21.9. The van der Waals surface area contributed by atoms with Crippen molar-refractivity contribution in [2.75, 3.05) is 6.54 Å². The summed E-state index contributed by atoms with van der Waals surface area (Å²) in [4.78, 5) is 34.1. The quantitative estimate of drug-likeness (QED) is 0.560. The molecule has 1 aromatic carbocycles. The van der Waals surface area contributed by atoms with Gasteiger partial charge in [0.25, 0.3) is 11.8 Å². The van der Waals surface area contributed by atoms with E-state index in [1.165, 1.54) is 6.07 Å². The Hall–Kier alpha value is -2.97. The molecule has 0 aliphatic carbocycles. The van der Waals surface area contributed by atoms with Crippen LogP contribution in [-0.4, -0.2) is 49.0 Å². The van der Waals surface area contributed by atoms with Gasteiger partial charge in [-0.25, -0.2) is 4.39 Å². The molecule has 2 aromatic heterocycles. The predicted molar refractivity (Wildman–Crippen MR) is 121 cm³/mol. The number of nitrogens with zero attached hydrogens (tertiary/aromatic N) is 5. The minimum absolute atomic E-state index is 0.0916. The second-order valence-corrected chi connectivity index (χ2v) is 9.12. The predicted octanol–water partition coefficient (Wildman–Crippen LogP) is 3.97. The molecule has 0 bridgehead atoms. The maximum Gasteiger partial charge on any atom is 0.272 e. The highest BCUT2D eigenvalue weighted by Crippen LogP contribution is 2.31. The molecule has 7 nitrogen and oxygen atoms in total. The minimum Gasteiger partial charge on any atom is -0.331 e. The molecular formula is C23H20Cl2FN5O2. The monoisotopic (exact) mass is 487 g/mol. The Morgan fingerprint density at radius 3 is 2.73 bits per heavy atom. The van der Waals surface area contributed by atoms with Crippen LogP contribution in [0.15, 0.2) is 36.5 Å². The topological polar surface area (TPSA) is 71.3 Å². The first-order valence-electron chi connectivity index (χ1n) is 10.6. The van der Waals surface area contributed by atoms with Gasteiger partial charge in [-0.2, -0.15) is 5.10 Å². The number of carbonyl (C=O) groups is 2. The number of aromatic nitrogens is 3. The fraction of sp³-hybridized carbons (Fsp3) is 0.304. The summed E-state index contributed by atoms with van der Waals surface area (Å²) >= 11 is 12.1. The van der Waals surface area contributed by atoms with Gasteiger partial charge in [-0.05, 0) is 37.3 Å². The van der Waals surface area contributed by atoms with E-state index < -0.39 is 5.82 Å². The Kier molecular flexibility index (Phi) is 5.58. The van der Waals surface area contributed by atoms with E-state index in [-0.39, 0.29) is 30.9 Å². The maximum absolute atomic E-state index is 13.4. The van der Waals surface area contributed by atoms with E-state index in [0.717, 1.165) is 17.5 Å².